The van der Waals surface area contributed by atoms with Crippen molar-refractivity contribution < 1.29 is 13.2 Å². The number of hydrogen-bond donors (Lipinski definition) is 1. The highest BCUT2D eigenvalue weighted by Crippen LogP contribution is 2.28. The molecule has 0 radical (unpaired) electrons. The Balaban J connectivity index is 2.88. The Morgan fingerprint density at radius 3 is 1.95 bits per heavy atom. The molecule has 0 fully saturated rings. The number of nitrogens with zero attached hydrogens (tertiary/aromatic N) is 1. The summed E-state index contributed by atoms with van der Waals surface area (Å²) in [6.45, 7) is 6.92. The molecular weight excluding hydrogens is 265 g/mol. The third-order valence-corrected chi connectivity index (χ3v) is 3.40. The van der Waals surface area contributed by atoms with Crippen molar-refractivity contribution in [3.63, 3.8) is 0 Å². The molecule has 1 aromatic rings. The molecule has 0 aliphatic carbocycles. The molecule has 1 rings (SSSR count). The lowest BCUT2D eigenvalue weighted by Crippen LogP contribution is -2.45. The van der Waals surface area contributed by atoms with Gasteiger partial charge in [0.05, 0.1) is 6.54 Å². The summed E-state index contributed by atoms with van der Waals surface area (Å²) in [7, 11) is 0. The topological polar surface area (TPSA) is 29.3 Å². The highest BCUT2D eigenvalue weighted by atomic mass is 19.4. The van der Waals surface area contributed by atoms with Crippen molar-refractivity contribution in [2.24, 2.45) is 0 Å². The summed E-state index contributed by atoms with van der Waals surface area (Å²) in [6.07, 6.45) is -4.18. The number of anilines is 1. The van der Waals surface area contributed by atoms with Gasteiger partial charge in [-0.25, -0.2) is 0 Å². The molecule has 114 valence electrons. The molecule has 2 N–H and O–H groups in total. The van der Waals surface area contributed by atoms with Gasteiger partial charge in [0, 0.05) is 23.7 Å². The van der Waals surface area contributed by atoms with Crippen molar-refractivity contribution in [2.75, 3.05) is 18.8 Å². The second-order valence-corrected chi connectivity index (χ2v) is 6.12. The molecule has 0 atom stereocenters. The summed E-state index contributed by atoms with van der Waals surface area (Å²) in [4.78, 5) is 1.45. The zero-order chi connectivity index (χ0) is 15.6. The molecule has 0 heterocycles. The molecule has 20 heavy (non-hydrogen) atoms. The number of benzene rings is 1. The van der Waals surface area contributed by atoms with Gasteiger partial charge in [-0.05, 0) is 31.5 Å². The first-order valence-corrected chi connectivity index (χ1v) is 6.68. The van der Waals surface area contributed by atoms with Crippen LogP contribution in [0.5, 0.6) is 0 Å². The van der Waals surface area contributed by atoms with E-state index in [9.17, 15) is 13.2 Å². The molecule has 0 aliphatic heterocycles. The molecular formula is C15H23F3N2. The number of halogens is 3. The van der Waals surface area contributed by atoms with Crippen molar-refractivity contribution in [1.29, 1.82) is 0 Å². The molecule has 2 nitrogen and oxygen atoms in total. The van der Waals surface area contributed by atoms with Gasteiger partial charge in [0.1, 0.15) is 0 Å². The van der Waals surface area contributed by atoms with Gasteiger partial charge in [-0.15, -0.1) is 0 Å². The number of nitrogen functional groups attached to an aromatic ring is 1. The van der Waals surface area contributed by atoms with Gasteiger partial charge >= 0.3 is 6.18 Å². The Kier molecular flexibility index (Phi) is 5.08. The standard InChI is InChI=1S/C15H23F3N2/c1-11(2)20(10-15(16,17)18)9-14(3,4)12-5-7-13(19)8-6-12/h5-8,11H,9-10,19H2,1-4H3. The van der Waals surface area contributed by atoms with E-state index in [-0.39, 0.29) is 11.5 Å². The van der Waals surface area contributed by atoms with Gasteiger partial charge in [-0.3, -0.25) is 4.90 Å². The minimum Gasteiger partial charge on any atom is -0.399 e. The molecule has 0 bridgehead atoms. The van der Waals surface area contributed by atoms with E-state index in [2.05, 4.69) is 0 Å². The molecule has 0 aromatic heterocycles. The Bertz CT molecular complexity index is 422. The molecule has 0 aliphatic rings. The predicted octanol–water partition coefficient (Wildman–Crippen LogP) is 3.82. The monoisotopic (exact) mass is 288 g/mol. The van der Waals surface area contributed by atoms with E-state index >= 15 is 0 Å². The Morgan fingerprint density at radius 1 is 1.05 bits per heavy atom. The van der Waals surface area contributed by atoms with Crippen LogP contribution in [-0.2, 0) is 5.41 Å². The van der Waals surface area contributed by atoms with Crippen LogP contribution in [0.25, 0.3) is 0 Å². The fourth-order valence-electron chi connectivity index (χ4n) is 2.18. The van der Waals surface area contributed by atoms with Crippen molar-refractivity contribution in [2.45, 2.75) is 45.3 Å². The summed E-state index contributed by atoms with van der Waals surface area (Å²) in [6, 6.07) is 7.15. The zero-order valence-corrected chi connectivity index (χ0v) is 12.5. The summed E-state index contributed by atoms with van der Waals surface area (Å²) in [5.41, 5.74) is 6.91. The van der Waals surface area contributed by atoms with Gasteiger partial charge in [-0.1, -0.05) is 26.0 Å². The second-order valence-electron chi connectivity index (χ2n) is 6.12. The Labute approximate surface area is 118 Å². The van der Waals surface area contributed by atoms with Crippen LogP contribution in [0, 0.1) is 0 Å². The first kappa shape index (κ1) is 16.8. The minimum absolute atomic E-state index is 0.162. The maximum Gasteiger partial charge on any atom is 0.401 e. The Morgan fingerprint density at radius 2 is 1.55 bits per heavy atom. The third kappa shape index (κ3) is 5.04. The second kappa shape index (κ2) is 6.04. The highest BCUT2D eigenvalue weighted by molar-refractivity contribution is 5.41. The van der Waals surface area contributed by atoms with Crippen molar-refractivity contribution >= 4 is 5.69 Å². The predicted molar refractivity (Wildman–Crippen MR) is 76.6 cm³/mol. The molecule has 0 spiro atoms. The van der Waals surface area contributed by atoms with Crippen molar-refractivity contribution in [1.82, 2.24) is 4.90 Å². The average molecular weight is 288 g/mol. The lowest BCUT2D eigenvalue weighted by atomic mass is 9.83. The quantitative estimate of drug-likeness (QED) is 0.835. The molecule has 5 heteroatoms. The van der Waals surface area contributed by atoms with E-state index in [1.54, 1.807) is 26.0 Å². The largest absolute Gasteiger partial charge is 0.401 e. The van der Waals surface area contributed by atoms with E-state index in [0.717, 1.165) is 5.56 Å². The van der Waals surface area contributed by atoms with Crippen LogP contribution in [-0.4, -0.2) is 30.2 Å². The van der Waals surface area contributed by atoms with Crippen LogP contribution >= 0.6 is 0 Å². The molecule has 0 unspecified atom stereocenters. The SMILES string of the molecule is CC(C)N(CC(F)(F)F)CC(C)(C)c1ccc(N)cc1. The van der Waals surface area contributed by atoms with E-state index < -0.39 is 12.7 Å². The minimum atomic E-state index is -4.18. The number of alkyl halides is 3. The van der Waals surface area contributed by atoms with Crippen LogP contribution < -0.4 is 5.73 Å². The lowest BCUT2D eigenvalue weighted by Gasteiger charge is -2.36. The summed E-state index contributed by atoms with van der Waals surface area (Å²) >= 11 is 0. The highest BCUT2D eigenvalue weighted by Gasteiger charge is 2.34. The van der Waals surface area contributed by atoms with Gasteiger partial charge < -0.3 is 5.73 Å². The lowest BCUT2D eigenvalue weighted by molar-refractivity contribution is -0.151. The van der Waals surface area contributed by atoms with Crippen LogP contribution in [0.15, 0.2) is 24.3 Å². The number of hydrogen-bond acceptors (Lipinski definition) is 2. The van der Waals surface area contributed by atoms with Crippen LogP contribution in [0.4, 0.5) is 18.9 Å². The summed E-state index contributed by atoms with van der Waals surface area (Å²) < 4.78 is 37.9. The maximum atomic E-state index is 12.6. The van der Waals surface area contributed by atoms with E-state index in [1.807, 2.05) is 26.0 Å². The number of nitrogens with two attached hydrogens (primary N) is 1. The van der Waals surface area contributed by atoms with Crippen LogP contribution in [0.1, 0.15) is 33.3 Å². The van der Waals surface area contributed by atoms with E-state index in [0.29, 0.717) is 12.2 Å². The van der Waals surface area contributed by atoms with Gasteiger partial charge in [-0.2, -0.15) is 13.2 Å². The van der Waals surface area contributed by atoms with Crippen LogP contribution in [0.3, 0.4) is 0 Å². The molecule has 0 saturated carbocycles. The fraction of sp³-hybridized carbons (Fsp3) is 0.600. The first-order chi connectivity index (χ1) is 9.01. The van der Waals surface area contributed by atoms with Crippen molar-refractivity contribution in [3.05, 3.63) is 29.8 Å². The normalized spacial score (nSPS) is 13.2. The van der Waals surface area contributed by atoms with Crippen molar-refractivity contribution in [3.8, 4) is 0 Å². The molecule has 0 amide bonds. The molecule has 1 aromatic carbocycles. The summed E-state index contributed by atoms with van der Waals surface area (Å²) in [5.74, 6) is 0. The number of rotatable bonds is 5. The van der Waals surface area contributed by atoms with Gasteiger partial charge in [0.15, 0.2) is 0 Å². The van der Waals surface area contributed by atoms with Gasteiger partial charge in [0.25, 0.3) is 0 Å². The third-order valence-electron chi connectivity index (χ3n) is 3.40. The smallest absolute Gasteiger partial charge is 0.399 e. The average Bonchev–Trinajstić information content (AvgIpc) is 2.26. The van der Waals surface area contributed by atoms with Gasteiger partial charge in [0.2, 0.25) is 0 Å². The molecule has 0 saturated heterocycles. The van der Waals surface area contributed by atoms with E-state index in [4.69, 9.17) is 5.73 Å². The fourth-order valence-corrected chi connectivity index (χ4v) is 2.18. The maximum absolute atomic E-state index is 12.6. The van der Waals surface area contributed by atoms with E-state index in [1.165, 1.54) is 4.90 Å². The first-order valence-electron chi connectivity index (χ1n) is 6.68. The Hall–Kier alpha value is -1.23. The summed E-state index contributed by atoms with van der Waals surface area (Å²) in [5, 5.41) is 0. The zero-order valence-electron chi connectivity index (χ0n) is 12.5. The van der Waals surface area contributed by atoms with Crippen LogP contribution in [0.2, 0.25) is 0 Å².